The fraction of sp³-hybridized carbons (Fsp3) is 0.273. The molecule has 0 fully saturated rings. The molecule has 2 amide bonds. The molecule has 3 N–H and O–H groups in total. The van der Waals surface area contributed by atoms with Gasteiger partial charge in [-0.15, -0.1) is 0 Å². The Bertz CT molecular complexity index is 468. The molecule has 0 unspecified atom stereocenters. The topological polar surface area (TPSA) is 78.4 Å². The highest BCUT2D eigenvalue weighted by Crippen LogP contribution is 2.19. The maximum Gasteiger partial charge on any atom is 0.326 e. The van der Waals surface area contributed by atoms with E-state index in [-0.39, 0.29) is 17.1 Å². The van der Waals surface area contributed by atoms with Gasteiger partial charge >= 0.3 is 12.0 Å². The average Bonchev–Trinajstić information content (AvgIpc) is 2.30. The first-order valence-electron chi connectivity index (χ1n) is 5.19. The minimum atomic E-state index is -1.12. The number of carboxylic acid groups (broad SMARTS) is 1. The number of amides is 2. The number of hydrogen-bond acceptors (Lipinski definition) is 2. The van der Waals surface area contributed by atoms with Gasteiger partial charge in [0.15, 0.2) is 0 Å². The van der Waals surface area contributed by atoms with Gasteiger partial charge in [0.1, 0.15) is 11.9 Å². The third-order valence-electron chi connectivity index (χ3n) is 2.19. The number of carbonyl (C=O) groups is 2. The van der Waals surface area contributed by atoms with E-state index in [1.807, 2.05) is 0 Å². The van der Waals surface area contributed by atoms with Gasteiger partial charge in [0.2, 0.25) is 0 Å². The lowest BCUT2D eigenvalue weighted by Gasteiger charge is -2.13. The lowest BCUT2D eigenvalue weighted by Crippen LogP contribution is -2.42. The Labute approximate surface area is 108 Å². The molecular weight excluding hydrogens is 263 g/mol. The summed E-state index contributed by atoms with van der Waals surface area (Å²) >= 11 is 5.54. The molecule has 0 aliphatic heterocycles. The summed E-state index contributed by atoms with van der Waals surface area (Å²) in [7, 11) is 0. The van der Waals surface area contributed by atoms with E-state index < -0.39 is 23.9 Å². The molecular formula is C11H12ClFN2O3. The van der Waals surface area contributed by atoms with Crippen molar-refractivity contribution in [1.82, 2.24) is 5.32 Å². The number of halogens is 2. The number of anilines is 1. The summed E-state index contributed by atoms with van der Waals surface area (Å²) in [5, 5.41) is 13.3. The Morgan fingerprint density at radius 1 is 1.50 bits per heavy atom. The molecule has 1 aromatic rings. The molecule has 1 atom stereocenters. The molecule has 7 heteroatoms. The fourth-order valence-corrected chi connectivity index (χ4v) is 1.42. The van der Waals surface area contributed by atoms with Crippen molar-refractivity contribution in [2.45, 2.75) is 19.4 Å². The maximum absolute atomic E-state index is 12.9. The molecule has 0 aromatic heterocycles. The zero-order chi connectivity index (χ0) is 13.7. The van der Waals surface area contributed by atoms with Crippen LogP contribution in [-0.4, -0.2) is 23.1 Å². The van der Waals surface area contributed by atoms with Crippen molar-refractivity contribution in [3.63, 3.8) is 0 Å². The average molecular weight is 275 g/mol. The van der Waals surface area contributed by atoms with E-state index in [1.165, 1.54) is 12.1 Å². The van der Waals surface area contributed by atoms with Crippen molar-refractivity contribution in [3.8, 4) is 0 Å². The molecule has 1 aromatic carbocycles. The second-order valence-corrected chi connectivity index (χ2v) is 3.93. The van der Waals surface area contributed by atoms with Crippen LogP contribution in [0.3, 0.4) is 0 Å². The van der Waals surface area contributed by atoms with E-state index in [0.717, 1.165) is 6.07 Å². The predicted molar refractivity (Wildman–Crippen MR) is 65.3 cm³/mol. The van der Waals surface area contributed by atoms with E-state index in [9.17, 15) is 14.0 Å². The van der Waals surface area contributed by atoms with Gasteiger partial charge in [-0.1, -0.05) is 18.5 Å². The van der Waals surface area contributed by atoms with Crippen LogP contribution in [-0.2, 0) is 4.79 Å². The SMILES string of the molecule is CC[C@H](NC(=O)Nc1ccc(F)c(Cl)c1)C(=O)O. The van der Waals surface area contributed by atoms with Crippen LogP contribution in [0.15, 0.2) is 18.2 Å². The highest BCUT2D eigenvalue weighted by Gasteiger charge is 2.17. The van der Waals surface area contributed by atoms with Gasteiger partial charge in [0.05, 0.1) is 5.02 Å². The molecule has 0 aliphatic carbocycles. The third kappa shape index (κ3) is 3.89. The standard InChI is InChI=1S/C11H12ClFN2O3/c1-2-9(10(16)17)15-11(18)14-6-3-4-8(13)7(12)5-6/h3-5,9H,2H2,1H3,(H,16,17)(H2,14,15,18)/t9-/m0/s1. The van der Waals surface area contributed by atoms with Gasteiger partial charge in [-0.2, -0.15) is 0 Å². The van der Waals surface area contributed by atoms with Crippen LogP contribution in [0.1, 0.15) is 13.3 Å². The molecule has 5 nitrogen and oxygen atoms in total. The molecule has 18 heavy (non-hydrogen) atoms. The predicted octanol–water partition coefficient (Wildman–Crippen LogP) is 2.46. The summed E-state index contributed by atoms with van der Waals surface area (Å²) in [6, 6.07) is 2.00. The van der Waals surface area contributed by atoms with Gasteiger partial charge in [-0.3, -0.25) is 0 Å². The van der Waals surface area contributed by atoms with Crippen LogP contribution in [0.25, 0.3) is 0 Å². The first-order valence-corrected chi connectivity index (χ1v) is 5.57. The van der Waals surface area contributed by atoms with Crippen LogP contribution in [0.2, 0.25) is 5.02 Å². The Balaban J connectivity index is 2.64. The minimum absolute atomic E-state index is 0.127. The van der Waals surface area contributed by atoms with E-state index in [0.29, 0.717) is 0 Å². The summed E-state index contributed by atoms with van der Waals surface area (Å²) in [6.45, 7) is 1.63. The zero-order valence-electron chi connectivity index (χ0n) is 9.54. The number of rotatable bonds is 4. The van der Waals surface area contributed by atoms with Crippen molar-refractivity contribution in [3.05, 3.63) is 29.0 Å². The molecule has 0 heterocycles. The number of carboxylic acids is 1. The smallest absolute Gasteiger partial charge is 0.326 e. The number of nitrogens with one attached hydrogen (secondary N) is 2. The molecule has 98 valence electrons. The van der Waals surface area contributed by atoms with Crippen LogP contribution in [0, 0.1) is 5.82 Å². The largest absolute Gasteiger partial charge is 0.480 e. The molecule has 0 saturated heterocycles. The quantitative estimate of drug-likeness (QED) is 0.789. The minimum Gasteiger partial charge on any atom is -0.480 e. The van der Waals surface area contributed by atoms with Gasteiger partial charge in [0.25, 0.3) is 0 Å². The van der Waals surface area contributed by atoms with Gasteiger partial charge in [-0.05, 0) is 24.6 Å². The normalized spacial score (nSPS) is 11.7. The fourth-order valence-electron chi connectivity index (χ4n) is 1.24. The number of aliphatic carboxylic acids is 1. The van der Waals surface area contributed by atoms with Crippen molar-refractivity contribution in [1.29, 1.82) is 0 Å². The number of benzene rings is 1. The van der Waals surface area contributed by atoms with E-state index in [1.54, 1.807) is 6.92 Å². The second kappa shape index (κ2) is 6.20. The van der Waals surface area contributed by atoms with Crippen LogP contribution in [0.5, 0.6) is 0 Å². The highest BCUT2D eigenvalue weighted by molar-refractivity contribution is 6.31. The van der Waals surface area contributed by atoms with Crippen molar-refractivity contribution < 1.29 is 19.1 Å². The summed E-state index contributed by atoms with van der Waals surface area (Å²) in [4.78, 5) is 22.2. The van der Waals surface area contributed by atoms with Gasteiger partial charge in [-0.25, -0.2) is 14.0 Å². The second-order valence-electron chi connectivity index (χ2n) is 3.53. The molecule has 0 spiro atoms. The number of carbonyl (C=O) groups excluding carboxylic acids is 1. The van der Waals surface area contributed by atoms with Gasteiger partial charge in [0, 0.05) is 5.69 Å². The Hall–Kier alpha value is -1.82. The van der Waals surface area contributed by atoms with Crippen molar-refractivity contribution in [2.24, 2.45) is 0 Å². The highest BCUT2D eigenvalue weighted by atomic mass is 35.5. The van der Waals surface area contributed by atoms with Crippen LogP contribution in [0.4, 0.5) is 14.9 Å². The van der Waals surface area contributed by atoms with Crippen LogP contribution >= 0.6 is 11.6 Å². The molecule has 0 bridgehead atoms. The molecule has 0 saturated carbocycles. The summed E-state index contributed by atoms with van der Waals surface area (Å²) in [6.07, 6.45) is 0.257. The Morgan fingerprint density at radius 3 is 2.67 bits per heavy atom. The summed E-state index contributed by atoms with van der Waals surface area (Å²) in [5.41, 5.74) is 0.277. The molecule has 0 aliphatic rings. The van der Waals surface area contributed by atoms with E-state index >= 15 is 0 Å². The Kier molecular flexibility index (Phi) is 4.91. The summed E-state index contributed by atoms with van der Waals surface area (Å²) in [5.74, 6) is -1.72. The van der Waals surface area contributed by atoms with E-state index in [2.05, 4.69) is 10.6 Å². The maximum atomic E-state index is 12.9. The summed E-state index contributed by atoms with van der Waals surface area (Å²) < 4.78 is 12.9. The lowest BCUT2D eigenvalue weighted by atomic mass is 10.2. The number of hydrogen-bond donors (Lipinski definition) is 3. The van der Waals surface area contributed by atoms with Crippen LogP contribution < -0.4 is 10.6 Å². The van der Waals surface area contributed by atoms with Crippen molar-refractivity contribution >= 4 is 29.3 Å². The first-order chi connectivity index (χ1) is 8.43. The van der Waals surface area contributed by atoms with E-state index in [4.69, 9.17) is 16.7 Å². The monoisotopic (exact) mass is 274 g/mol. The van der Waals surface area contributed by atoms with Gasteiger partial charge < -0.3 is 15.7 Å². The third-order valence-corrected chi connectivity index (χ3v) is 2.48. The van der Waals surface area contributed by atoms with Crippen molar-refractivity contribution in [2.75, 3.05) is 5.32 Å². The first kappa shape index (κ1) is 14.2. The molecule has 1 rings (SSSR count). The zero-order valence-corrected chi connectivity index (χ0v) is 10.3. The Morgan fingerprint density at radius 2 is 2.17 bits per heavy atom. The lowest BCUT2D eigenvalue weighted by molar-refractivity contribution is -0.139. The number of urea groups is 1. The molecule has 0 radical (unpaired) electrons.